The van der Waals surface area contributed by atoms with Gasteiger partial charge in [0, 0.05) is 23.8 Å². The molecule has 4 atom stereocenters. The number of rotatable bonds is 8. The van der Waals surface area contributed by atoms with Crippen LogP contribution in [0, 0.1) is 11.8 Å². The number of para-hydroxylation sites is 1. The van der Waals surface area contributed by atoms with Gasteiger partial charge in [-0.2, -0.15) is 11.8 Å². The van der Waals surface area contributed by atoms with E-state index >= 15 is 0 Å². The molecule has 3 aliphatic heterocycles. The van der Waals surface area contributed by atoms with E-state index in [1.165, 1.54) is 4.90 Å². The van der Waals surface area contributed by atoms with Crippen LogP contribution in [0.1, 0.15) is 17.5 Å². The number of amides is 3. The van der Waals surface area contributed by atoms with Gasteiger partial charge < -0.3 is 14.8 Å². The Labute approximate surface area is 208 Å². The molecule has 5 rings (SSSR count). The molecule has 1 spiro atoms. The molecule has 3 aliphatic rings. The van der Waals surface area contributed by atoms with Crippen LogP contribution in [-0.4, -0.2) is 61.4 Å². The summed E-state index contributed by atoms with van der Waals surface area (Å²) in [6, 6.07) is 12.7. The van der Waals surface area contributed by atoms with Gasteiger partial charge in [-0.25, -0.2) is 0 Å². The van der Waals surface area contributed by atoms with Gasteiger partial charge in [-0.05, 0) is 48.6 Å². The molecule has 3 amide bonds. The second-order valence-electron chi connectivity index (χ2n) is 9.11. The average Bonchev–Trinajstić information content (AvgIpc) is 3.45. The highest BCUT2D eigenvalue weighted by Gasteiger charge is 2.70. The number of methoxy groups -OCH3 is 2. The fourth-order valence-corrected chi connectivity index (χ4v) is 6.30. The minimum atomic E-state index is -1.23. The van der Waals surface area contributed by atoms with Crippen LogP contribution >= 0.6 is 11.8 Å². The zero-order valence-electron chi connectivity index (χ0n) is 20.0. The highest BCUT2D eigenvalue weighted by Crippen LogP contribution is 2.53. The summed E-state index contributed by atoms with van der Waals surface area (Å²) >= 11 is 1.68. The fraction of sp³-hybridized carbons (Fsp3) is 0.423. The lowest BCUT2D eigenvalue weighted by Gasteiger charge is -2.29. The van der Waals surface area contributed by atoms with Gasteiger partial charge in [0.05, 0.1) is 26.1 Å². The molecule has 0 aromatic heterocycles. The number of imide groups is 1. The van der Waals surface area contributed by atoms with Crippen LogP contribution in [0.3, 0.4) is 0 Å². The first-order valence-corrected chi connectivity index (χ1v) is 13.1. The van der Waals surface area contributed by atoms with Crippen molar-refractivity contribution in [2.75, 3.05) is 38.1 Å². The van der Waals surface area contributed by atoms with Crippen LogP contribution in [0.15, 0.2) is 42.5 Å². The zero-order valence-corrected chi connectivity index (χ0v) is 20.8. The number of hydrogen-bond acceptors (Lipinski definition) is 7. The molecule has 8 nitrogen and oxygen atoms in total. The van der Waals surface area contributed by atoms with Crippen LogP contribution in [0.4, 0.5) is 5.69 Å². The Hall–Kier alpha value is -3.04. The Balaban J connectivity index is 1.46. The van der Waals surface area contributed by atoms with Crippen molar-refractivity contribution < 1.29 is 23.9 Å². The monoisotopic (exact) mass is 495 g/mol. The lowest BCUT2D eigenvalue weighted by atomic mass is 9.76. The zero-order chi connectivity index (χ0) is 24.7. The summed E-state index contributed by atoms with van der Waals surface area (Å²) in [5, 5.41) is 6.40. The maximum Gasteiger partial charge on any atom is 0.250 e. The predicted octanol–water partition coefficient (Wildman–Crippen LogP) is 2.42. The molecular weight excluding hydrogens is 466 g/mol. The molecule has 184 valence electrons. The van der Waals surface area contributed by atoms with Crippen LogP contribution in [0.2, 0.25) is 0 Å². The normalized spacial score (nSPS) is 26.8. The molecule has 2 fully saturated rings. The number of carbonyl (C=O) groups excluding carboxylic acids is 3. The van der Waals surface area contributed by atoms with Gasteiger partial charge in [0.2, 0.25) is 17.7 Å². The summed E-state index contributed by atoms with van der Waals surface area (Å²) in [5.41, 5.74) is 1.14. The largest absolute Gasteiger partial charge is 0.493 e. The second-order valence-corrected chi connectivity index (χ2v) is 10.1. The van der Waals surface area contributed by atoms with Crippen LogP contribution in [0.5, 0.6) is 11.5 Å². The molecule has 0 bridgehead atoms. The first-order valence-electron chi connectivity index (χ1n) is 11.7. The predicted molar refractivity (Wildman–Crippen MR) is 134 cm³/mol. The number of nitrogens with one attached hydrogen (secondary N) is 2. The standard InChI is InChI=1S/C26H29N3O5S/c1-33-19-9-8-15(14-20(19)34-2)10-12-29-23(30)21-18(11-13-35-3)28-26(22(21)24(29)31)16-6-4-5-7-17(16)27-25(26)32/h4-9,14,18,21-22,28H,10-13H2,1-3H3,(H,27,32). The molecule has 0 radical (unpaired) electrons. The average molecular weight is 496 g/mol. The van der Waals surface area contributed by atoms with Gasteiger partial charge in [-0.15, -0.1) is 0 Å². The van der Waals surface area contributed by atoms with Crippen molar-refractivity contribution >= 4 is 35.2 Å². The van der Waals surface area contributed by atoms with Gasteiger partial charge in [-0.1, -0.05) is 24.3 Å². The number of thioether (sulfide) groups is 1. The maximum atomic E-state index is 13.8. The maximum absolute atomic E-state index is 13.8. The topological polar surface area (TPSA) is 97.0 Å². The number of nitrogens with zero attached hydrogens (tertiary/aromatic N) is 1. The lowest BCUT2D eigenvalue weighted by Crippen LogP contribution is -2.53. The van der Waals surface area contributed by atoms with Crippen molar-refractivity contribution in [3.8, 4) is 11.5 Å². The summed E-state index contributed by atoms with van der Waals surface area (Å²) in [7, 11) is 3.15. The van der Waals surface area contributed by atoms with E-state index in [1.807, 2.05) is 48.7 Å². The van der Waals surface area contributed by atoms with E-state index in [0.717, 1.165) is 16.9 Å². The number of anilines is 1. The quantitative estimate of drug-likeness (QED) is 0.543. The number of hydrogen-bond donors (Lipinski definition) is 2. The lowest BCUT2D eigenvalue weighted by molar-refractivity contribution is -0.142. The number of fused-ring (bicyclic) bond motifs is 4. The second kappa shape index (κ2) is 9.20. The SMILES string of the molecule is COc1ccc(CCN2C(=O)C3C(CCSC)NC4(C(=O)Nc5ccccc54)C3C2=O)cc1OC. The summed E-state index contributed by atoms with van der Waals surface area (Å²) in [4.78, 5) is 42.2. The molecule has 2 aromatic carbocycles. The minimum Gasteiger partial charge on any atom is -0.493 e. The van der Waals surface area contributed by atoms with Crippen molar-refractivity contribution in [2.24, 2.45) is 11.8 Å². The Morgan fingerprint density at radius 3 is 2.54 bits per heavy atom. The summed E-state index contributed by atoms with van der Waals surface area (Å²) in [6.45, 7) is 0.245. The molecule has 2 aromatic rings. The first kappa shape index (κ1) is 23.7. The molecule has 4 unspecified atom stereocenters. The van der Waals surface area contributed by atoms with Gasteiger partial charge in [0.25, 0.3) is 0 Å². The van der Waals surface area contributed by atoms with Crippen LogP contribution in [-0.2, 0) is 26.3 Å². The van der Waals surface area contributed by atoms with E-state index in [-0.39, 0.29) is 30.3 Å². The van der Waals surface area contributed by atoms with Crippen LogP contribution < -0.4 is 20.1 Å². The van der Waals surface area contributed by atoms with Gasteiger partial charge in [0.1, 0.15) is 5.54 Å². The third-order valence-corrected chi connectivity index (χ3v) is 8.06. The Morgan fingerprint density at radius 1 is 1.03 bits per heavy atom. The smallest absolute Gasteiger partial charge is 0.250 e. The molecule has 2 saturated heterocycles. The highest BCUT2D eigenvalue weighted by molar-refractivity contribution is 7.98. The highest BCUT2D eigenvalue weighted by atomic mass is 32.2. The number of carbonyl (C=O) groups is 3. The third kappa shape index (κ3) is 3.60. The van der Waals surface area contributed by atoms with Gasteiger partial charge >= 0.3 is 0 Å². The molecule has 0 saturated carbocycles. The van der Waals surface area contributed by atoms with Crippen LogP contribution in [0.25, 0.3) is 0 Å². The van der Waals surface area contributed by atoms with Gasteiger partial charge in [-0.3, -0.25) is 24.6 Å². The number of ether oxygens (including phenoxy) is 2. The van der Waals surface area contributed by atoms with Crippen molar-refractivity contribution in [1.29, 1.82) is 0 Å². The first-order chi connectivity index (χ1) is 17.0. The van der Waals surface area contributed by atoms with E-state index in [1.54, 1.807) is 26.0 Å². The van der Waals surface area contributed by atoms with E-state index < -0.39 is 17.4 Å². The Morgan fingerprint density at radius 2 is 1.80 bits per heavy atom. The molecule has 9 heteroatoms. The molecule has 3 heterocycles. The fourth-order valence-electron chi connectivity index (χ4n) is 5.81. The summed E-state index contributed by atoms with van der Waals surface area (Å²) in [6.07, 6.45) is 3.19. The van der Waals surface area contributed by atoms with E-state index in [9.17, 15) is 14.4 Å². The van der Waals surface area contributed by atoms with E-state index in [4.69, 9.17) is 9.47 Å². The Kier molecular flexibility index (Phi) is 6.23. The van der Waals surface area contributed by atoms with Crippen molar-refractivity contribution in [2.45, 2.75) is 24.4 Å². The van der Waals surface area contributed by atoms with Crippen molar-refractivity contribution in [3.63, 3.8) is 0 Å². The van der Waals surface area contributed by atoms with E-state index in [0.29, 0.717) is 30.0 Å². The number of benzene rings is 2. The summed E-state index contributed by atoms with van der Waals surface area (Å²) < 4.78 is 10.7. The Bertz CT molecular complexity index is 1190. The summed E-state index contributed by atoms with van der Waals surface area (Å²) in [5.74, 6) is -0.0428. The molecule has 35 heavy (non-hydrogen) atoms. The minimum absolute atomic E-state index is 0.201. The van der Waals surface area contributed by atoms with E-state index in [2.05, 4.69) is 10.6 Å². The molecular formula is C26H29N3O5S. The van der Waals surface area contributed by atoms with Crippen molar-refractivity contribution in [3.05, 3.63) is 53.6 Å². The third-order valence-electron chi connectivity index (χ3n) is 7.42. The number of likely N-dealkylation sites (tertiary alicyclic amines) is 1. The molecule has 2 N–H and O–H groups in total. The van der Waals surface area contributed by atoms with Gasteiger partial charge in [0.15, 0.2) is 11.5 Å². The molecule has 0 aliphatic carbocycles. The van der Waals surface area contributed by atoms with Crippen molar-refractivity contribution in [1.82, 2.24) is 10.2 Å².